The Labute approximate surface area is 152 Å². The molecule has 0 spiro atoms. The van der Waals surface area contributed by atoms with Gasteiger partial charge in [-0.1, -0.05) is 5.16 Å². The zero-order chi connectivity index (χ0) is 18.2. The Morgan fingerprint density at radius 2 is 2.00 bits per heavy atom. The summed E-state index contributed by atoms with van der Waals surface area (Å²) in [4.78, 5) is 14.1. The van der Waals surface area contributed by atoms with Crippen LogP contribution in [0.15, 0.2) is 28.8 Å². The number of thioether (sulfide) groups is 1. The topological polar surface area (TPSA) is 67.6 Å². The molecule has 2 rings (SSSR count). The molecule has 1 aromatic heterocycles. The molecule has 0 atom stereocenters. The highest BCUT2D eigenvalue weighted by molar-refractivity contribution is 7.99. The molecule has 1 amide bonds. The van der Waals surface area contributed by atoms with E-state index in [0.717, 1.165) is 35.0 Å². The zero-order valence-corrected chi connectivity index (χ0v) is 16.0. The lowest BCUT2D eigenvalue weighted by molar-refractivity contribution is -0.113. The molecule has 7 heteroatoms. The first-order valence-corrected chi connectivity index (χ1v) is 9.28. The molecule has 0 fully saturated rings. The second kappa shape index (κ2) is 9.48. The predicted octanol–water partition coefficient (Wildman–Crippen LogP) is 3.10. The Bertz CT molecular complexity index is 664. The average molecular weight is 363 g/mol. The zero-order valence-electron chi connectivity index (χ0n) is 15.2. The number of ether oxygens (including phenoxy) is 1. The molecule has 1 heterocycles. The van der Waals surface area contributed by atoms with Crippen LogP contribution in [-0.2, 0) is 10.5 Å². The van der Waals surface area contributed by atoms with E-state index in [-0.39, 0.29) is 5.91 Å². The van der Waals surface area contributed by atoms with Gasteiger partial charge in [0.2, 0.25) is 5.91 Å². The number of aryl methyl sites for hydroxylation is 2. The maximum absolute atomic E-state index is 12.0. The monoisotopic (exact) mass is 363 g/mol. The second-order valence-corrected chi connectivity index (χ2v) is 7.01. The minimum Gasteiger partial charge on any atom is -0.492 e. The summed E-state index contributed by atoms with van der Waals surface area (Å²) in [5.41, 5.74) is 2.72. The molecule has 0 unspecified atom stereocenters. The van der Waals surface area contributed by atoms with E-state index in [4.69, 9.17) is 9.26 Å². The summed E-state index contributed by atoms with van der Waals surface area (Å²) in [7, 11) is 4.01. The van der Waals surface area contributed by atoms with E-state index in [2.05, 4.69) is 15.4 Å². The Kier molecular flexibility index (Phi) is 7.33. The van der Waals surface area contributed by atoms with Gasteiger partial charge in [0.25, 0.3) is 0 Å². The van der Waals surface area contributed by atoms with E-state index in [9.17, 15) is 4.79 Å². The van der Waals surface area contributed by atoms with Crippen molar-refractivity contribution in [1.29, 1.82) is 0 Å². The molecule has 0 saturated heterocycles. The standard InChI is InChI=1S/C18H25N3O3S/c1-13-17(14(2)24-20-13)11-25-12-18(22)19-15-5-7-16(8-6-15)23-10-9-21(3)4/h5-8H,9-12H2,1-4H3,(H,19,22). The highest BCUT2D eigenvalue weighted by Gasteiger charge is 2.10. The highest BCUT2D eigenvalue weighted by Crippen LogP contribution is 2.20. The number of carbonyl (C=O) groups is 1. The van der Waals surface area contributed by atoms with Crippen LogP contribution in [0, 0.1) is 13.8 Å². The van der Waals surface area contributed by atoms with E-state index < -0.39 is 0 Å². The summed E-state index contributed by atoms with van der Waals surface area (Å²) >= 11 is 1.54. The molecule has 136 valence electrons. The molecule has 1 aromatic carbocycles. The van der Waals surface area contributed by atoms with Crippen LogP contribution in [0.5, 0.6) is 5.75 Å². The fourth-order valence-corrected chi connectivity index (χ4v) is 3.11. The third-order valence-corrected chi connectivity index (χ3v) is 4.57. The number of hydrogen-bond acceptors (Lipinski definition) is 6. The molecule has 1 N–H and O–H groups in total. The molecule has 0 aliphatic carbocycles. The highest BCUT2D eigenvalue weighted by atomic mass is 32.2. The van der Waals surface area contributed by atoms with E-state index in [0.29, 0.717) is 18.1 Å². The molecular formula is C18H25N3O3S. The number of amides is 1. The van der Waals surface area contributed by atoms with Gasteiger partial charge in [-0.05, 0) is 52.2 Å². The summed E-state index contributed by atoms with van der Waals surface area (Å²) in [6.45, 7) is 5.30. The van der Waals surface area contributed by atoms with E-state index in [1.54, 1.807) is 11.8 Å². The Morgan fingerprint density at radius 3 is 2.60 bits per heavy atom. The van der Waals surface area contributed by atoms with Gasteiger partial charge in [0.15, 0.2) is 0 Å². The van der Waals surface area contributed by atoms with Crippen molar-refractivity contribution in [3.05, 3.63) is 41.3 Å². The molecule has 6 nitrogen and oxygen atoms in total. The van der Waals surface area contributed by atoms with Crippen LogP contribution in [0.4, 0.5) is 5.69 Å². The first-order chi connectivity index (χ1) is 12.0. The van der Waals surface area contributed by atoms with Gasteiger partial charge in [0, 0.05) is 23.5 Å². The van der Waals surface area contributed by atoms with Crippen LogP contribution in [-0.4, -0.2) is 49.0 Å². The van der Waals surface area contributed by atoms with E-state index in [1.165, 1.54) is 0 Å². The van der Waals surface area contributed by atoms with Crippen molar-refractivity contribution < 1.29 is 14.1 Å². The normalized spacial score (nSPS) is 10.9. The minimum absolute atomic E-state index is 0.0296. The van der Waals surface area contributed by atoms with Crippen molar-refractivity contribution in [2.45, 2.75) is 19.6 Å². The first kappa shape index (κ1) is 19.3. The van der Waals surface area contributed by atoms with Gasteiger partial charge in [0.1, 0.15) is 18.1 Å². The number of rotatable bonds is 9. The average Bonchev–Trinajstić information content (AvgIpc) is 2.88. The quantitative estimate of drug-likeness (QED) is 0.738. The SMILES string of the molecule is Cc1noc(C)c1CSCC(=O)Nc1ccc(OCCN(C)C)cc1. The lowest BCUT2D eigenvalue weighted by atomic mass is 10.2. The minimum atomic E-state index is -0.0296. The molecule has 2 aromatic rings. The van der Waals surface area contributed by atoms with Gasteiger partial charge in [0.05, 0.1) is 11.4 Å². The fraction of sp³-hybridized carbons (Fsp3) is 0.444. The number of aromatic nitrogens is 1. The van der Waals surface area contributed by atoms with Crippen LogP contribution in [0.1, 0.15) is 17.0 Å². The molecule has 25 heavy (non-hydrogen) atoms. The van der Waals surface area contributed by atoms with Crippen molar-refractivity contribution in [2.75, 3.05) is 38.3 Å². The Balaban J connectivity index is 1.73. The molecule has 0 bridgehead atoms. The maximum Gasteiger partial charge on any atom is 0.234 e. The van der Waals surface area contributed by atoms with Crippen LogP contribution >= 0.6 is 11.8 Å². The number of hydrogen-bond donors (Lipinski definition) is 1. The van der Waals surface area contributed by atoms with Crippen LogP contribution in [0.2, 0.25) is 0 Å². The van der Waals surface area contributed by atoms with Gasteiger partial charge in [-0.3, -0.25) is 4.79 Å². The van der Waals surface area contributed by atoms with Crippen molar-refractivity contribution >= 4 is 23.4 Å². The van der Waals surface area contributed by atoms with Gasteiger partial charge in [-0.15, -0.1) is 11.8 Å². The van der Waals surface area contributed by atoms with Crippen molar-refractivity contribution in [1.82, 2.24) is 10.1 Å². The fourth-order valence-electron chi connectivity index (χ4n) is 2.13. The number of anilines is 1. The largest absolute Gasteiger partial charge is 0.492 e. The van der Waals surface area contributed by atoms with Crippen molar-refractivity contribution in [3.8, 4) is 5.75 Å². The number of nitrogens with one attached hydrogen (secondary N) is 1. The predicted molar refractivity (Wildman–Crippen MR) is 101 cm³/mol. The van der Waals surface area contributed by atoms with Gasteiger partial charge in [-0.2, -0.15) is 0 Å². The number of carbonyl (C=O) groups excluding carboxylic acids is 1. The molecule has 0 aliphatic heterocycles. The lowest BCUT2D eigenvalue weighted by Crippen LogP contribution is -2.19. The van der Waals surface area contributed by atoms with Crippen molar-refractivity contribution in [2.24, 2.45) is 0 Å². The Morgan fingerprint density at radius 1 is 1.28 bits per heavy atom. The smallest absolute Gasteiger partial charge is 0.234 e. The van der Waals surface area contributed by atoms with Gasteiger partial charge >= 0.3 is 0 Å². The van der Waals surface area contributed by atoms with Crippen LogP contribution in [0.3, 0.4) is 0 Å². The molecule has 0 aliphatic rings. The lowest BCUT2D eigenvalue weighted by Gasteiger charge is -2.11. The Hall–Kier alpha value is -1.99. The first-order valence-electron chi connectivity index (χ1n) is 8.12. The summed E-state index contributed by atoms with van der Waals surface area (Å²) in [5.74, 6) is 2.68. The maximum atomic E-state index is 12.0. The van der Waals surface area contributed by atoms with Gasteiger partial charge < -0.3 is 19.5 Å². The second-order valence-electron chi connectivity index (χ2n) is 6.02. The van der Waals surface area contributed by atoms with Crippen LogP contribution in [0.25, 0.3) is 0 Å². The molecule has 0 radical (unpaired) electrons. The molecular weight excluding hydrogens is 338 g/mol. The number of likely N-dealkylation sites (N-methyl/N-ethyl adjacent to an activating group) is 1. The van der Waals surface area contributed by atoms with Gasteiger partial charge in [-0.25, -0.2) is 0 Å². The summed E-state index contributed by atoms with van der Waals surface area (Å²) < 4.78 is 10.8. The molecule has 0 saturated carbocycles. The third-order valence-electron chi connectivity index (χ3n) is 3.61. The van der Waals surface area contributed by atoms with Crippen LogP contribution < -0.4 is 10.1 Å². The van der Waals surface area contributed by atoms with E-state index in [1.807, 2.05) is 52.2 Å². The third kappa shape index (κ3) is 6.43. The van der Waals surface area contributed by atoms with Crippen molar-refractivity contribution in [3.63, 3.8) is 0 Å². The summed E-state index contributed by atoms with van der Waals surface area (Å²) in [6, 6.07) is 7.42. The van der Waals surface area contributed by atoms with E-state index >= 15 is 0 Å². The summed E-state index contributed by atoms with van der Waals surface area (Å²) in [5, 5.41) is 6.81. The number of benzene rings is 1. The number of nitrogens with zero attached hydrogens (tertiary/aromatic N) is 2. The summed E-state index contributed by atoms with van der Waals surface area (Å²) in [6.07, 6.45) is 0.